The molecule has 0 radical (unpaired) electrons. The molecule has 66 heavy (non-hydrogen) atoms. The third-order valence-corrected chi connectivity index (χ3v) is 10.8. The first-order valence-corrected chi connectivity index (χ1v) is 26.6. The molecule has 0 spiro atoms. The fourth-order valence-electron chi connectivity index (χ4n) is 6.84. The van der Waals surface area contributed by atoms with Crippen molar-refractivity contribution in [2.24, 2.45) is 0 Å². The molecule has 0 saturated heterocycles. The molecule has 372 valence electrons. The smallest absolute Gasteiger partial charge is 0.306 e. The maximum atomic E-state index is 12.8. The van der Waals surface area contributed by atoms with Gasteiger partial charge in [-0.25, -0.2) is 0 Å². The first kappa shape index (κ1) is 61.8. The Balaban J connectivity index is 4.51. The molecule has 0 saturated carbocycles. The molecule has 0 aromatic carbocycles. The Hall–Kier alpha value is -4.19. The van der Waals surface area contributed by atoms with E-state index in [1.807, 2.05) is 36.5 Å². The van der Waals surface area contributed by atoms with Crippen LogP contribution in [0.25, 0.3) is 0 Å². The quantitative estimate of drug-likeness (QED) is 0.0199. The van der Waals surface area contributed by atoms with Crippen molar-refractivity contribution in [3.05, 3.63) is 122 Å². The molecule has 6 nitrogen and oxygen atoms in total. The van der Waals surface area contributed by atoms with E-state index in [1.165, 1.54) is 57.8 Å². The van der Waals surface area contributed by atoms with Crippen LogP contribution in [0.5, 0.6) is 0 Å². The van der Waals surface area contributed by atoms with E-state index >= 15 is 0 Å². The predicted octanol–water partition coefficient (Wildman–Crippen LogP) is 17.7. The summed E-state index contributed by atoms with van der Waals surface area (Å²) in [5.41, 5.74) is 0. The van der Waals surface area contributed by atoms with E-state index in [1.54, 1.807) is 0 Å². The average molecular weight is 913 g/mol. The number of allylic oxidation sites excluding steroid dienone is 20. The van der Waals surface area contributed by atoms with Crippen molar-refractivity contribution in [1.29, 1.82) is 0 Å². The molecule has 0 fully saturated rings. The van der Waals surface area contributed by atoms with Gasteiger partial charge in [-0.3, -0.25) is 14.4 Å². The summed E-state index contributed by atoms with van der Waals surface area (Å²) in [6.45, 7) is 6.30. The molecule has 0 N–H and O–H groups in total. The highest BCUT2D eigenvalue weighted by molar-refractivity contribution is 5.71. The standard InChI is InChI=1S/C60H96O6/c1-4-7-10-13-16-19-22-25-27-29-30-31-33-35-38-41-44-47-50-53-59(62)65-56-57(55-64-58(61)52-49-46-43-40-37-34-24-21-18-15-12-9-6-3)66-60(63)54-51-48-45-42-39-36-32-28-26-23-20-17-14-11-8-5-2/h7,9-10,12,15-16,18-19,21,24-25,27-28,30-32,34,36-37,39,57H,4-6,8,11,13-14,17,20,22-23,26,29,33,35,38,40-56H2,1-3H3/b10-7+,12-9+,18-15+,19-16+,24-21+,27-25+,31-30+,32-28+,37-34+,39-36+. The second-order valence-corrected chi connectivity index (χ2v) is 17.1. The van der Waals surface area contributed by atoms with Gasteiger partial charge >= 0.3 is 17.9 Å². The van der Waals surface area contributed by atoms with Crippen LogP contribution in [0.2, 0.25) is 0 Å². The third kappa shape index (κ3) is 50.8. The molecule has 0 heterocycles. The number of unbranched alkanes of at least 4 members (excludes halogenated alkanes) is 19. The highest BCUT2D eigenvalue weighted by Crippen LogP contribution is 2.13. The van der Waals surface area contributed by atoms with Crippen LogP contribution in [0.4, 0.5) is 0 Å². The van der Waals surface area contributed by atoms with Crippen LogP contribution in [-0.2, 0) is 28.6 Å². The lowest BCUT2D eigenvalue weighted by Gasteiger charge is -2.18. The first-order valence-electron chi connectivity index (χ1n) is 26.6. The Kier molecular flexibility index (Phi) is 50.0. The molecule has 0 aliphatic heterocycles. The maximum Gasteiger partial charge on any atom is 0.306 e. The summed E-state index contributed by atoms with van der Waals surface area (Å²) >= 11 is 0. The minimum Gasteiger partial charge on any atom is -0.462 e. The fraction of sp³-hybridized carbons (Fsp3) is 0.617. The second kappa shape index (κ2) is 53.4. The number of rotatable bonds is 46. The van der Waals surface area contributed by atoms with E-state index in [0.29, 0.717) is 12.8 Å². The molecular weight excluding hydrogens is 817 g/mol. The SMILES string of the molecule is CC/C=C/C=C/C=C/C=C/CCCCCC(=O)OCC(COC(=O)CCCCCCCC/C=C/C/C=C/C/C=C/C/C=C/CC)OC(=O)CCCCC/C=C/C=C/CCCCCCCCC. The van der Waals surface area contributed by atoms with Crippen LogP contribution in [-0.4, -0.2) is 37.2 Å². The van der Waals surface area contributed by atoms with Crippen LogP contribution in [0, 0.1) is 0 Å². The van der Waals surface area contributed by atoms with E-state index in [9.17, 15) is 14.4 Å². The molecule has 6 heteroatoms. The Bertz CT molecular complexity index is 1420. The summed E-state index contributed by atoms with van der Waals surface area (Å²) < 4.78 is 16.7. The van der Waals surface area contributed by atoms with Crippen molar-refractivity contribution in [3.8, 4) is 0 Å². The van der Waals surface area contributed by atoms with Gasteiger partial charge in [-0.15, -0.1) is 0 Å². The number of ether oxygens (including phenoxy) is 3. The number of carbonyl (C=O) groups excluding carboxylic acids is 3. The first-order chi connectivity index (χ1) is 32.5. The maximum absolute atomic E-state index is 12.8. The molecule has 0 bridgehead atoms. The normalized spacial score (nSPS) is 13.1. The van der Waals surface area contributed by atoms with Crippen LogP contribution in [0.15, 0.2) is 122 Å². The van der Waals surface area contributed by atoms with Gasteiger partial charge in [0.05, 0.1) is 0 Å². The largest absolute Gasteiger partial charge is 0.462 e. The van der Waals surface area contributed by atoms with Gasteiger partial charge in [0.1, 0.15) is 13.2 Å². The van der Waals surface area contributed by atoms with Gasteiger partial charge in [0.15, 0.2) is 6.10 Å². The van der Waals surface area contributed by atoms with Crippen molar-refractivity contribution in [2.75, 3.05) is 13.2 Å². The minimum atomic E-state index is -0.818. The third-order valence-electron chi connectivity index (χ3n) is 10.8. The van der Waals surface area contributed by atoms with Crippen LogP contribution < -0.4 is 0 Å². The van der Waals surface area contributed by atoms with Gasteiger partial charge in [-0.05, 0) is 103 Å². The van der Waals surface area contributed by atoms with E-state index in [0.717, 1.165) is 122 Å². The van der Waals surface area contributed by atoms with Gasteiger partial charge in [0.25, 0.3) is 0 Å². The highest BCUT2D eigenvalue weighted by atomic mass is 16.6. The Morgan fingerprint density at radius 2 is 0.667 bits per heavy atom. The van der Waals surface area contributed by atoms with E-state index in [2.05, 4.69) is 106 Å². The summed E-state index contributed by atoms with van der Waals surface area (Å²) in [5, 5.41) is 0. The van der Waals surface area contributed by atoms with Crippen LogP contribution >= 0.6 is 0 Å². The zero-order chi connectivity index (χ0) is 47.9. The number of carbonyl (C=O) groups is 3. The van der Waals surface area contributed by atoms with Crippen molar-refractivity contribution in [2.45, 2.75) is 226 Å². The monoisotopic (exact) mass is 913 g/mol. The van der Waals surface area contributed by atoms with Crippen molar-refractivity contribution >= 4 is 17.9 Å². The summed E-state index contributed by atoms with van der Waals surface area (Å²) in [7, 11) is 0. The zero-order valence-electron chi connectivity index (χ0n) is 42.4. The Morgan fingerprint density at radius 3 is 1.14 bits per heavy atom. The summed E-state index contributed by atoms with van der Waals surface area (Å²) in [4.78, 5) is 38.0. The predicted molar refractivity (Wildman–Crippen MR) is 283 cm³/mol. The van der Waals surface area contributed by atoms with Gasteiger partial charge in [0, 0.05) is 19.3 Å². The van der Waals surface area contributed by atoms with Gasteiger partial charge in [-0.1, -0.05) is 219 Å². The molecular formula is C60H96O6. The molecule has 0 aliphatic rings. The Morgan fingerprint density at radius 1 is 0.333 bits per heavy atom. The van der Waals surface area contributed by atoms with E-state index in [4.69, 9.17) is 14.2 Å². The lowest BCUT2D eigenvalue weighted by Crippen LogP contribution is -2.30. The lowest BCUT2D eigenvalue weighted by atomic mass is 10.1. The number of hydrogen-bond donors (Lipinski definition) is 0. The minimum absolute atomic E-state index is 0.113. The molecule has 1 atom stereocenters. The zero-order valence-corrected chi connectivity index (χ0v) is 42.4. The summed E-state index contributed by atoms with van der Waals surface area (Å²) in [6.07, 6.45) is 73.3. The van der Waals surface area contributed by atoms with Crippen LogP contribution in [0.1, 0.15) is 220 Å². The molecule has 0 aromatic rings. The van der Waals surface area contributed by atoms with E-state index in [-0.39, 0.29) is 37.5 Å². The van der Waals surface area contributed by atoms with Gasteiger partial charge < -0.3 is 14.2 Å². The summed E-state index contributed by atoms with van der Waals surface area (Å²) in [5.74, 6) is -0.998. The topological polar surface area (TPSA) is 78.9 Å². The summed E-state index contributed by atoms with van der Waals surface area (Å²) in [6, 6.07) is 0. The van der Waals surface area contributed by atoms with Gasteiger partial charge in [-0.2, -0.15) is 0 Å². The van der Waals surface area contributed by atoms with Crippen molar-refractivity contribution in [3.63, 3.8) is 0 Å². The lowest BCUT2D eigenvalue weighted by molar-refractivity contribution is -0.167. The molecule has 0 aromatic heterocycles. The van der Waals surface area contributed by atoms with Crippen LogP contribution in [0.3, 0.4) is 0 Å². The number of esters is 3. The van der Waals surface area contributed by atoms with Crippen molar-refractivity contribution < 1.29 is 28.6 Å². The second-order valence-electron chi connectivity index (χ2n) is 17.1. The average Bonchev–Trinajstić information content (AvgIpc) is 3.31. The molecule has 0 amide bonds. The molecule has 0 rings (SSSR count). The highest BCUT2D eigenvalue weighted by Gasteiger charge is 2.19. The molecule has 0 aliphatic carbocycles. The number of hydrogen-bond acceptors (Lipinski definition) is 6. The van der Waals surface area contributed by atoms with E-state index < -0.39 is 6.10 Å². The van der Waals surface area contributed by atoms with Gasteiger partial charge in [0.2, 0.25) is 0 Å². The fourth-order valence-corrected chi connectivity index (χ4v) is 6.84. The molecule has 1 unspecified atom stereocenters. The Labute approximate surface area is 405 Å². The van der Waals surface area contributed by atoms with Crippen molar-refractivity contribution in [1.82, 2.24) is 0 Å².